The quantitative estimate of drug-likeness (QED) is 0.154. The third-order valence-electron chi connectivity index (χ3n) is 8.20. The second-order valence-corrected chi connectivity index (χ2v) is 12.4. The average Bonchev–Trinajstić information content (AvgIpc) is 3.16. The number of aryl methyl sites for hydroxylation is 1. The molecule has 14 heteroatoms. The molecule has 1 unspecified atom stereocenters. The summed E-state index contributed by atoms with van der Waals surface area (Å²) in [5.41, 5.74) is 5.30. The van der Waals surface area contributed by atoms with Crippen LogP contribution in [0.25, 0.3) is 27.7 Å². The van der Waals surface area contributed by atoms with Crippen molar-refractivity contribution in [3.05, 3.63) is 79.4 Å². The molecule has 1 atom stereocenters. The van der Waals surface area contributed by atoms with E-state index in [9.17, 15) is 9.59 Å². The van der Waals surface area contributed by atoms with Crippen LogP contribution >= 0.6 is 34.8 Å². The lowest BCUT2D eigenvalue weighted by molar-refractivity contribution is -0.126. The van der Waals surface area contributed by atoms with E-state index in [0.29, 0.717) is 23.5 Å². The number of amides is 1. The summed E-state index contributed by atoms with van der Waals surface area (Å²) in [6.07, 6.45) is 2.82. The molecule has 45 heavy (non-hydrogen) atoms. The lowest BCUT2D eigenvalue weighted by Crippen LogP contribution is -2.56. The Morgan fingerprint density at radius 1 is 1.18 bits per heavy atom. The van der Waals surface area contributed by atoms with Gasteiger partial charge in [-0.25, -0.2) is 13.6 Å². The Bertz CT molecular complexity index is 1970. The number of benzene rings is 2. The van der Waals surface area contributed by atoms with Gasteiger partial charge in [0, 0.05) is 37.0 Å². The lowest BCUT2D eigenvalue weighted by Gasteiger charge is -2.40. The summed E-state index contributed by atoms with van der Waals surface area (Å²) in [7, 11) is 0. The van der Waals surface area contributed by atoms with Crippen molar-refractivity contribution < 1.29 is 18.3 Å². The summed E-state index contributed by atoms with van der Waals surface area (Å²) >= 11 is 19.3. The van der Waals surface area contributed by atoms with Gasteiger partial charge in [-0.3, -0.25) is 14.3 Å². The highest BCUT2D eigenvalue weighted by atomic mass is 35.5. The summed E-state index contributed by atoms with van der Waals surface area (Å²) in [5, 5.41) is -0.755. The molecule has 2 aromatic carbocycles. The van der Waals surface area contributed by atoms with Crippen molar-refractivity contribution in [3.63, 3.8) is 0 Å². The zero-order valence-corrected chi connectivity index (χ0v) is 26.7. The third kappa shape index (κ3) is 4.79. The SMILES string of the molecule is C=CC(=O)N1CCN2c3nc(=O)n(-c4c(C)ccnc4C(C)C)c4c(F)c(-c5c(N)c(Cl)cc(Cl)c5F)c(Cl)c(c34)OCC2C1. The molecule has 0 radical (unpaired) electrons. The molecule has 6 rings (SSSR count). The number of ether oxygens (including phenoxy) is 1. The fourth-order valence-corrected chi connectivity index (χ4v) is 6.85. The van der Waals surface area contributed by atoms with E-state index >= 15 is 8.78 Å². The van der Waals surface area contributed by atoms with Crippen molar-refractivity contribution in [1.82, 2.24) is 19.4 Å². The zero-order valence-electron chi connectivity index (χ0n) is 24.4. The molecular weight excluding hydrogens is 649 g/mol. The van der Waals surface area contributed by atoms with Crippen molar-refractivity contribution in [3.8, 4) is 22.6 Å². The number of halogens is 5. The number of nitrogens with zero attached hydrogens (tertiary/aromatic N) is 5. The van der Waals surface area contributed by atoms with Gasteiger partial charge in [0.25, 0.3) is 0 Å². The number of aromatic nitrogens is 3. The molecule has 234 valence electrons. The molecule has 2 aliphatic heterocycles. The fraction of sp³-hybridized carbons (Fsp3) is 0.290. The highest BCUT2D eigenvalue weighted by Gasteiger charge is 2.39. The normalized spacial score (nSPS) is 16.1. The Labute approximate surface area is 271 Å². The van der Waals surface area contributed by atoms with Crippen LogP contribution in [0.3, 0.4) is 0 Å². The van der Waals surface area contributed by atoms with Gasteiger partial charge in [0.1, 0.15) is 17.9 Å². The molecule has 4 aromatic rings. The van der Waals surface area contributed by atoms with Crippen LogP contribution in [0.15, 0.2) is 35.8 Å². The summed E-state index contributed by atoms with van der Waals surface area (Å²) in [6.45, 7) is 9.85. The van der Waals surface area contributed by atoms with Crippen LogP contribution in [0.1, 0.15) is 31.0 Å². The Hall–Kier alpha value is -3.93. The molecule has 1 amide bonds. The highest BCUT2D eigenvalue weighted by molar-refractivity contribution is 6.39. The molecule has 0 aliphatic carbocycles. The van der Waals surface area contributed by atoms with Crippen molar-refractivity contribution in [1.29, 1.82) is 0 Å². The van der Waals surface area contributed by atoms with Crippen LogP contribution in [0.5, 0.6) is 5.75 Å². The first-order valence-electron chi connectivity index (χ1n) is 14.0. The van der Waals surface area contributed by atoms with Gasteiger partial charge in [-0.2, -0.15) is 4.98 Å². The molecule has 0 saturated carbocycles. The number of hydrogen-bond donors (Lipinski definition) is 1. The van der Waals surface area contributed by atoms with Gasteiger partial charge in [0.2, 0.25) is 5.91 Å². The monoisotopic (exact) mass is 674 g/mol. The standard InChI is InChI=1S/C31H27Cl3F2N6O3/c1-5-18(43)40-8-9-41-15(11-40)12-45-29-21-28(24(36)19(22(29)34)20-23(35)16(32)10-17(33)25(20)37)42(31(44)39-30(21)41)27-14(4)6-7-38-26(27)13(2)3/h5-7,10,13,15H,1,8-9,11-12,37H2,2-4H3. The first-order valence-corrected chi connectivity index (χ1v) is 15.2. The van der Waals surface area contributed by atoms with Crippen LogP contribution < -0.4 is 21.1 Å². The maximum atomic E-state index is 17.4. The Balaban J connectivity index is 1.78. The minimum atomic E-state index is -1.07. The summed E-state index contributed by atoms with van der Waals surface area (Å²) in [6, 6.07) is 2.31. The topological polar surface area (TPSA) is 107 Å². The van der Waals surface area contributed by atoms with Gasteiger partial charge in [0.05, 0.1) is 43.6 Å². The van der Waals surface area contributed by atoms with E-state index in [1.165, 1.54) is 6.08 Å². The Morgan fingerprint density at radius 2 is 1.91 bits per heavy atom. The predicted molar refractivity (Wildman–Crippen MR) is 172 cm³/mol. The number of nitrogen functional groups attached to an aromatic ring is 1. The summed E-state index contributed by atoms with van der Waals surface area (Å²) in [5.74, 6) is -2.50. The number of carbonyl (C=O) groups is 1. The van der Waals surface area contributed by atoms with Gasteiger partial charge in [0.15, 0.2) is 17.4 Å². The number of rotatable bonds is 4. The molecule has 4 heterocycles. The minimum Gasteiger partial charge on any atom is -0.489 e. The van der Waals surface area contributed by atoms with E-state index in [1.54, 1.807) is 29.0 Å². The second-order valence-electron chi connectivity index (χ2n) is 11.2. The van der Waals surface area contributed by atoms with Crippen LogP contribution in [0.2, 0.25) is 15.1 Å². The lowest BCUT2D eigenvalue weighted by atomic mass is 9.98. The van der Waals surface area contributed by atoms with E-state index in [-0.39, 0.29) is 69.7 Å². The first kappa shape index (κ1) is 31.1. The zero-order chi connectivity index (χ0) is 32.5. The van der Waals surface area contributed by atoms with Crippen molar-refractivity contribution in [2.75, 3.05) is 36.9 Å². The van der Waals surface area contributed by atoms with E-state index in [2.05, 4.69) is 16.5 Å². The number of hydrogen-bond acceptors (Lipinski definition) is 7. The molecular formula is C31H27Cl3F2N6O3. The van der Waals surface area contributed by atoms with Crippen molar-refractivity contribution in [2.45, 2.75) is 32.7 Å². The Kier molecular flexibility index (Phi) is 7.91. The van der Waals surface area contributed by atoms with Crippen LogP contribution in [0.4, 0.5) is 20.3 Å². The van der Waals surface area contributed by atoms with Gasteiger partial charge >= 0.3 is 5.69 Å². The van der Waals surface area contributed by atoms with Crippen molar-refractivity contribution in [2.24, 2.45) is 0 Å². The number of piperazine rings is 1. The van der Waals surface area contributed by atoms with Crippen molar-refractivity contribution >= 4 is 63.1 Å². The molecule has 2 aromatic heterocycles. The maximum absolute atomic E-state index is 17.4. The fourth-order valence-electron chi connectivity index (χ4n) is 6.06. The molecule has 0 spiro atoms. The van der Waals surface area contributed by atoms with Crippen LogP contribution in [-0.2, 0) is 4.79 Å². The first-order chi connectivity index (χ1) is 21.4. The predicted octanol–water partition coefficient (Wildman–Crippen LogP) is 6.30. The van der Waals surface area contributed by atoms with E-state index in [1.807, 2.05) is 13.8 Å². The maximum Gasteiger partial charge on any atom is 0.354 e. The Morgan fingerprint density at radius 3 is 2.60 bits per heavy atom. The average molecular weight is 676 g/mol. The molecule has 1 saturated heterocycles. The van der Waals surface area contributed by atoms with E-state index < -0.39 is 39.5 Å². The van der Waals surface area contributed by atoms with E-state index in [0.717, 1.165) is 10.6 Å². The summed E-state index contributed by atoms with van der Waals surface area (Å²) < 4.78 is 40.5. The number of fused-ring (bicyclic) bond motifs is 2. The highest BCUT2D eigenvalue weighted by Crippen LogP contribution is 2.51. The van der Waals surface area contributed by atoms with Crippen LogP contribution in [-0.4, -0.2) is 57.6 Å². The second kappa shape index (κ2) is 11.5. The van der Waals surface area contributed by atoms with Crippen LogP contribution in [0, 0.1) is 18.6 Å². The van der Waals surface area contributed by atoms with Gasteiger partial charge < -0.3 is 20.3 Å². The van der Waals surface area contributed by atoms with E-state index in [4.69, 9.17) is 45.3 Å². The third-order valence-corrected chi connectivity index (χ3v) is 9.14. The molecule has 1 fully saturated rings. The number of pyridine rings is 1. The van der Waals surface area contributed by atoms with Gasteiger partial charge in [-0.05, 0) is 36.6 Å². The number of carbonyl (C=O) groups excluding carboxylic acids is 1. The van der Waals surface area contributed by atoms with Gasteiger partial charge in [-0.1, -0.05) is 55.2 Å². The number of anilines is 2. The molecule has 2 N–H and O–H groups in total. The largest absolute Gasteiger partial charge is 0.489 e. The number of nitrogens with two attached hydrogens (primary N) is 1. The van der Waals surface area contributed by atoms with Gasteiger partial charge in [-0.15, -0.1) is 0 Å². The molecule has 2 aliphatic rings. The molecule has 0 bridgehead atoms. The summed E-state index contributed by atoms with van der Waals surface area (Å²) in [4.78, 5) is 39.0. The smallest absolute Gasteiger partial charge is 0.354 e. The molecule has 9 nitrogen and oxygen atoms in total. The minimum absolute atomic E-state index is 0.0250.